The second kappa shape index (κ2) is 5.25. The van der Waals surface area contributed by atoms with Crippen LogP contribution in [0.5, 0.6) is 0 Å². The van der Waals surface area contributed by atoms with Gasteiger partial charge >= 0.3 is 0 Å². The summed E-state index contributed by atoms with van der Waals surface area (Å²) in [5.74, 6) is 0.615. The van der Waals surface area contributed by atoms with Gasteiger partial charge in [-0.1, -0.05) is 77.5 Å². The van der Waals surface area contributed by atoms with E-state index < -0.39 is 0 Å². The molecule has 0 bridgehead atoms. The summed E-state index contributed by atoms with van der Waals surface area (Å²) >= 11 is 10.6. The summed E-state index contributed by atoms with van der Waals surface area (Å²) in [4.78, 5) is 1.32. The highest BCUT2D eigenvalue weighted by Crippen LogP contribution is 2.52. The molecule has 106 valence electrons. The number of allylic oxidation sites excluding steroid dienone is 4. The maximum absolute atomic E-state index is 6.34. The van der Waals surface area contributed by atoms with Gasteiger partial charge in [-0.2, -0.15) is 0 Å². The molecule has 0 N–H and O–H groups in total. The molecule has 4 rings (SSSR count). The molecule has 0 amide bonds. The van der Waals surface area contributed by atoms with Crippen LogP contribution in [0, 0.1) is 5.92 Å². The van der Waals surface area contributed by atoms with Gasteiger partial charge in [0, 0.05) is 10.4 Å². The Balaban J connectivity index is 2.06. The minimum Gasteiger partial charge on any atom is -0.123 e. The van der Waals surface area contributed by atoms with Crippen LogP contribution in [0.1, 0.15) is 28.4 Å². The lowest BCUT2D eigenvalue weighted by atomic mass is 9.86. The SMILES string of the molecule is CC1C=CC2=C(C1)C(I)c1ccccc1-c1sc(Cl)cc12. The summed E-state index contributed by atoms with van der Waals surface area (Å²) in [5.41, 5.74) is 7.02. The third-order valence-electron chi connectivity index (χ3n) is 4.26. The number of benzene rings is 1. The number of alkyl halides is 1. The van der Waals surface area contributed by atoms with Crippen molar-refractivity contribution in [1.82, 2.24) is 0 Å². The number of halogens is 2. The molecular weight excluding hydrogens is 411 g/mol. The molecule has 1 aromatic heterocycles. The van der Waals surface area contributed by atoms with E-state index in [1.54, 1.807) is 16.9 Å². The molecule has 2 atom stereocenters. The first-order valence-corrected chi connectivity index (χ1v) is 9.53. The van der Waals surface area contributed by atoms with Crippen molar-refractivity contribution >= 4 is 51.1 Å². The topological polar surface area (TPSA) is 0 Å². The molecule has 1 aromatic carbocycles. The van der Waals surface area contributed by atoms with Crippen molar-refractivity contribution in [3.63, 3.8) is 0 Å². The summed E-state index contributed by atoms with van der Waals surface area (Å²) in [6, 6.07) is 10.9. The zero-order valence-electron chi connectivity index (χ0n) is 11.6. The first-order valence-electron chi connectivity index (χ1n) is 7.09. The fourth-order valence-electron chi connectivity index (χ4n) is 3.27. The molecule has 0 radical (unpaired) electrons. The van der Waals surface area contributed by atoms with Gasteiger partial charge in [0.1, 0.15) is 0 Å². The van der Waals surface area contributed by atoms with E-state index in [4.69, 9.17) is 11.6 Å². The predicted octanol–water partition coefficient (Wildman–Crippen LogP) is 6.91. The number of hydrogen-bond acceptors (Lipinski definition) is 1. The van der Waals surface area contributed by atoms with Gasteiger partial charge in [0.15, 0.2) is 0 Å². The summed E-state index contributed by atoms with van der Waals surface area (Å²) < 4.78 is 1.32. The average Bonchev–Trinajstić information content (AvgIpc) is 2.84. The van der Waals surface area contributed by atoms with Gasteiger partial charge in [-0.3, -0.25) is 0 Å². The van der Waals surface area contributed by atoms with Gasteiger partial charge in [-0.05, 0) is 40.7 Å². The molecule has 0 saturated heterocycles. The lowest BCUT2D eigenvalue weighted by Gasteiger charge is -2.23. The number of thiophene rings is 1. The standard InChI is InChI=1S/C18H14ClIS/c1-10-6-7-11-14(8-10)17(20)12-4-2-3-5-13(12)18-15(11)9-16(19)21-18/h2-7,9-10,17H,8H2,1H3. The average molecular weight is 425 g/mol. The first-order chi connectivity index (χ1) is 10.1. The Bertz CT molecular complexity index is 784. The van der Waals surface area contributed by atoms with E-state index >= 15 is 0 Å². The van der Waals surface area contributed by atoms with E-state index in [9.17, 15) is 0 Å². The van der Waals surface area contributed by atoms with E-state index in [-0.39, 0.29) is 0 Å². The van der Waals surface area contributed by atoms with E-state index in [1.807, 2.05) is 0 Å². The number of hydrogen-bond donors (Lipinski definition) is 0. The van der Waals surface area contributed by atoms with Gasteiger partial charge in [0.25, 0.3) is 0 Å². The molecular formula is C18H14ClIS. The lowest BCUT2D eigenvalue weighted by Crippen LogP contribution is -2.05. The monoisotopic (exact) mass is 424 g/mol. The first kappa shape index (κ1) is 14.0. The molecule has 0 aliphatic heterocycles. The van der Waals surface area contributed by atoms with Crippen molar-refractivity contribution in [2.75, 3.05) is 0 Å². The van der Waals surface area contributed by atoms with Crippen LogP contribution in [0.25, 0.3) is 16.0 Å². The Morgan fingerprint density at radius 2 is 2.05 bits per heavy atom. The second-order valence-electron chi connectivity index (χ2n) is 5.72. The molecule has 0 saturated carbocycles. The Morgan fingerprint density at radius 1 is 1.24 bits per heavy atom. The Kier molecular flexibility index (Phi) is 3.51. The highest BCUT2D eigenvalue weighted by Gasteiger charge is 2.29. The van der Waals surface area contributed by atoms with E-state index in [1.165, 1.54) is 27.1 Å². The van der Waals surface area contributed by atoms with Crippen molar-refractivity contribution in [2.24, 2.45) is 5.92 Å². The highest BCUT2D eigenvalue weighted by molar-refractivity contribution is 14.1. The van der Waals surface area contributed by atoms with Crippen molar-refractivity contribution < 1.29 is 0 Å². The molecule has 0 nitrogen and oxygen atoms in total. The molecule has 2 aromatic rings. The van der Waals surface area contributed by atoms with Gasteiger partial charge in [0.05, 0.1) is 8.26 Å². The second-order valence-corrected chi connectivity index (χ2v) is 8.65. The molecule has 2 aliphatic carbocycles. The Labute approximate surface area is 147 Å². The zero-order chi connectivity index (χ0) is 14.6. The van der Waals surface area contributed by atoms with Crippen molar-refractivity contribution in [3.8, 4) is 10.4 Å². The van der Waals surface area contributed by atoms with Crippen LogP contribution in [0.3, 0.4) is 0 Å². The molecule has 1 heterocycles. The molecule has 0 spiro atoms. The Hall–Kier alpha value is -0.580. The van der Waals surface area contributed by atoms with Crippen molar-refractivity contribution in [2.45, 2.75) is 17.3 Å². The van der Waals surface area contributed by atoms with Gasteiger partial charge < -0.3 is 0 Å². The maximum Gasteiger partial charge on any atom is 0.0941 e. The minimum absolute atomic E-state index is 0.444. The summed E-state index contributed by atoms with van der Waals surface area (Å²) in [6.45, 7) is 2.29. The third kappa shape index (κ3) is 2.23. The summed E-state index contributed by atoms with van der Waals surface area (Å²) in [5, 5.41) is 0. The van der Waals surface area contributed by atoms with Crippen molar-refractivity contribution in [1.29, 1.82) is 0 Å². The van der Waals surface area contributed by atoms with Gasteiger partial charge in [0.2, 0.25) is 0 Å². The van der Waals surface area contributed by atoms with Crippen LogP contribution in [-0.2, 0) is 0 Å². The third-order valence-corrected chi connectivity index (χ3v) is 6.98. The van der Waals surface area contributed by atoms with Crippen LogP contribution < -0.4 is 0 Å². The lowest BCUT2D eigenvalue weighted by molar-refractivity contribution is 0.698. The quantitative estimate of drug-likeness (QED) is 0.318. The minimum atomic E-state index is 0.444. The summed E-state index contributed by atoms with van der Waals surface area (Å²) in [6.07, 6.45) is 5.77. The van der Waals surface area contributed by atoms with Crippen LogP contribution in [-0.4, -0.2) is 0 Å². The van der Waals surface area contributed by atoms with Crippen molar-refractivity contribution in [3.05, 3.63) is 63.5 Å². The van der Waals surface area contributed by atoms with Crippen LogP contribution in [0.15, 0.2) is 48.1 Å². The molecule has 2 aliphatic rings. The molecule has 3 heteroatoms. The normalized spacial score (nSPS) is 23.4. The highest BCUT2D eigenvalue weighted by atomic mass is 127. The maximum atomic E-state index is 6.34. The van der Waals surface area contributed by atoms with Crippen LogP contribution in [0.4, 0.5) is 0 Å². The van der Waals surface area contributed by atoms with Crippen LogP contribution >= 0.6 is 45.5 Å². The molecule has 2 unspecified atom stereocenters. The predicted molar refractivity (Wildman–Crippen MR) is 101 cm³/mol. The van der Waals surface area contributed by atoms with E-state index in [0.717, 1.165) is 10.8 Å². The molecule has 0 fully saturated rings. The summed E-state index contributed by atoms with van der Waals surface area (Å²) in [7, 11) is 0. The van der Waals surface area contributed by atoms with Crippen LogP contribution in [0.2, 0.25) is 4.34 Å². The molecule has 21 heavy (non-hydrogen) atoms. The zero-order valence-corrected chi connectivity index (χ0v) is 15.3. The largest absolute Gasteiger partial charge is 0.123 e. The van der Waals surface area contributed by atoms with Gasteiger partial charge in [-0.25, -0.2) is 0 Å². The fraction of sp³-hybridized carbons (Fsp3) is 0.222. The number of fused-ring (bicyclic) bond motifs is 4. The number of rotatable bonds is 0. The van der Waals surface area contributed by atoms with E-state index in [0.29, 0.717) is 9.84 Å². The Morgan fingerprint density at radius 3 is 2.90 bits per heavy atom. The van der Waals surface area contributed by atoms with E-state index in [2.05, 4.69) is 72.0 Å². The fourth-order valence-corrected chi connectivity index (χ4v) is 5.69. The van der Waals surface area contributed by atoms with Gasteiger partial charge in [-0.15, -0.1) is 11.3 Å². The smallest absolute Gasteiger partial charge is 0.0941 e.